The third-order valence-corrected chi connectivity index (χ3v) is 4.08. The SMILES string of the molecule is CC1=NN(c2ccc([N+](=O)[O-])cc2)C(=O)[C@H]1C=NC[C@H]1CCCO1. The van der Waals surface area contributed by atoms with Crippen LogP contribution in [0.25, 0.3) is 0 Å². The van der Waals surface area contributed by atoms with Crippen LogP contribution in [0.2, 0.25) is 0 Å². The van der Waals surface area contributed by atoms with Crippen LogP contribution in [-0.2, 0) is 9.53 Å². The van der Waals surface area contributed by atoms with Gasteiger partial charge in [0.2, 0.25) is 0 Å². The molecule has 1 amide bonds. The first kappa shape index (κ1) is 16.3. The van der Waals surface area contributed by atoms with Crippen molar-refractivity contribution < 1.29 is 14.5 Å². The van der Waals surface area contributed by atoms with Gasteiger partial charge in [-0.25, -0.2) is 0 Å². The Bertz CT molecular complexity index is 693. The third kappa shape index (κ3) is 3.33. The largest absolute Gasteiger partial charge is 0.376 e. The first-order valence-corrected chi connectivity index (χ1v) is 7.81. The summed E-state index contributed by atoms with van der Waals surface area (Å²) in [5, 5.41) is 16.2. The summed E-state index contributed by atoms with van der Waals surface area (Å²) in [6, 6.07) is 5.73. The Hall–Kier alpha value is -2.61. The van der Waals surface area contributed by atoms with E-state index in [4.69, 9.17) is 4.74 Å². The molecule has 0 saturated carbocycles. The lowest BCUT2D eigenvalue weighted by Gasteiger charge is -2.12. The highest BCUT2D eigenvalue weighted by Crippen LogP contribution is 2.25. The molecule has 1 aromatic rings. The zero-order valence-electron chi connectivity index (χ0n) is 13.3. The van der Waals surface area contributed by atoms with Crippen molar-refractivity contribution in [1.82, 2.24) is 0 Å². The summed E-state index contributed by atoms with van der Waals surface area (Å²) in [6.07, 6.45) is 3.81. The predicted molar refractivity (Wildman–Crippen MR) is 89.5 cm³/mol. The van der Waals surface area contributed by atoms with Crippen LogP contribution in [0.5, 0.6) is 0 Å². The molecule has 2 aliphatic heterocycles. The van der Waals surface area contributed by atoms with E-state index in [1.54, 1.807) is 13.1 Å². The van der Waals surface area contributed by atoms with Gasteiger partial charge in [-0.15, -0.1) is 0 Å². The fourth-order valence-electron chi connectivity index (χ4n) is 2.72. The molecule has 0 aliphatic carbocycles. The highest BCUT2D eigenvalue weighted by atomic mass is 16.6. The molecule has 8 nitrogen and oxygen atoms in total. The maximum Gasteiger partial charge on any atom is 0.269 e. The number of hydrogen-bond donors (Lipinski definition) is 0. The number of amides is 1. The van der Waals surface area contributed by atoms with Crippen LogP contribution in [-0.4, -0.2) is 42.0 Å². The maximum atomic E-state index is 12.5. The lowest BCUT2D eigenvalue weighted by Crippen LogP contribution is -2.28. The minimum atomic E-state index is -0.499. The molecule has 3 rings (SSSR count). The Morgan fingerprint density at radius 3 is 2.83 bits per heavy atom. The van der Waals surface area contributed by atoms with Gasteiger partial charge in [-0.05, 0) is 31.9 Å². The van der Waals surface area contributed by atoms with Gasteiger partial charge in [0.15, 0.2) is 0 Å². The van der Waals surface area contributed by atoms with Crippen molar-refractivity contribution in [2.45, 2.75) is 25.9 Å². The molecule has 2 heterocycles. The van der Waals surface area contributed by atoms with Crippen molar-refractivity contribution in [1.29, 1.82) is 0 Å². The molecule has 0 radical (unpaired) electrons. The molecule has 0 unspecified atom stereocenters. The monoisotopic (exact) mass is 330 g/mol. The summed E-state index contributed by atoms with van der Waals surface area (Å²) in [6.45, 7) is 3.09. The Kier molecular flexibility index (Phi) is 4.66. The molecular weight excluding hydrogens is 312 g/mol. The van der Waals surface area contributed by atoms with Gasteiger partial charge in [-0.2, -0.15) is 10.1 Å². The summed E-state index contributed by atoms with van der Waals surface area (Å²) >= 11 is 0. The van der Waals surface area contributed by atoms with E-state index in [1.165, 1.54) is 29.3 Å². The van der Waals surface area contributed by atoms with E-state index in [-0.39, 0.29) is 17.7 Å². The molecule has 24 heavy (non-hydrogen) atoms. The summed E-state index contributed by atoms with van der Waals surface area (Å²) in [4.78, 5) is 27.1. The van der Waals surface area contributed by atoms with Crippen LogP contribution in [0.15, 0.2) is 34.4 Å². The molecule has 0 N–H and O–H groups in total. The lowest BCUT2D eigenvalue weighted by atomic mass is 10.1. The third-order valence-electron chi connectivity index (χ3n) is 4.08. The number of aliphatic imine (C=N–C) groups is 1. The number of carbonyl (C=O) groups excluding carboxylic acids is 1. The van der Waals surface area contributed by atoms with E-state index in [1.807, 2.05) is 0 Å². The van der Waals surface area contributed by atoms with E-state index < -0.39 is 10.8 Å². The van der Waals surface area contributed by atoms with Gasteiger partial charge in [-0.1, -0.05) is 0 Å². The second kappa shape index (κ2) is 6.88. The highest BCUT2D eigenvalue weighted by Gasteiger charge is 2.33. The van der Waals surface area contributed by atoms with E-state index in [9.17, 15) is 14.9 Å². The second-order valence-electron chi connectivity index (χ2n) is 5.79. The molecule has 2 aliphatic rings. The van der Waals surface area contributed by atoms with Crippen molar-refractivity contribution in [2.24, 2.45) is 16.0 Å². The maximum absolute atomic E-state index is 12.5. The second-order valence-corrected chi connectivity index (χ2v) is 5.79. The lowest BCUT2D eigenvalue weighted by molar-refractivity contribution is -0.384. The molecule has 1 fully saturated rings. The van der Waals surface area contributed by atoms with Crippen molar-refractivity contribution >= 4 is 29.2 Å². The summed E-state index contributed by atoms with van der Waals surface area (Å²) < 4.78 is 5.50. The van der Waals surface area contributed by atoms with E-state index in [2.05, 4.69) is 10.1 Å². The van der Waals surface area contributed by atoms with Crippen LogP contribution in [0.3, 0.4) is 0 Å². The fraction of sp³-hybridized carbons (Fsp3) is 0.438. The minimum absolute atomic E-state index is 0.0271. The number of rotatable bonds is 5. The van der Waals surface area contributed by atoms with Gasteiger partial charge in [0.25, 0.3) is 11.6 Å². The molecule has 1 saturated heterocycles. The smallest absolute Gasteiger partial charge is 0.269 e. The standard InChI is InChI=1S/C16H18N4O4/c1-11-15(10-17-9-14-3-2-8-24-14)16(21)19(18-11)12-4-6-13(7-5-12)20(22)23/h4-7,10,14-15H,2-3,8-9H2,1H3/t14-,15+/m1/s1. The van der Waals surface area contributed by atoms with E-state index in [0.29, 0.717) is 17.9 Å². The van der Waals surface area contributed by atoms with E-state index in [0.717, 1.165) is 19.4 Å². The molecular formula is C16H18N4O4. The Morgan fingerprint density at radius 2 is 2.21 bits per heavy atom. The van der Waals surface area contributed by atoms with Gasteiger partial charge >= 0.3 is 0 Å². The molecule has 0 bridgehead atoms. The van der Waals surface area contributed by atoms with Gasteiger partial charge in [0.05, 0.1) is 29.0 Å². The Balaban J connectivity index is 1.67. The predicted octanol–water partition coefficient (Wildman–Crippen LogP) is 2.18. The number of carbonyl (C=O) groups is 1. The Morgan fingerprint density at radius 1 is 1.46 bits per heavy atom. The van der Waals surface area contributed by atoms with Crippen molar-refractivity contribution in [2.75, 3.05) is 18.2 Å². The van der Waals surface area contributed by atoms with Crippen LogP contribution < -0.4 is 5.01 Å². The molecule has 0 spiro atoms. The van der Waals surface area contributed by atoms with Gasteiger partial charge in [-0.3, -0.25) is 19.9 Å². The summed E-state index contributed by atoms with van der Waals surface area (Å²) in [5.41, 5.74) is 1.12. The van der Waals surface area contributed by atoms with Crippen LogP contribution in [0.4, 0.5) is 11.4 Å². The van der Waals surface area contributed by atoms with Gasteiger partial charge < -0.3 is 4.74 Å². The average molecular weight is 330 g/mol. The number of non-ortho nitro benzene ring substituents is 1. The Labute approximate surface area is 139 Å². The number of nitro benzene ring substituents is 1. The van der Waals surface area contributed by atoms with Crippen molar-refractivity contribution in [3.8, 4) is 0 Å². The number of benzene rings is 1. The molecule has 126 valence electrons. The first-order chi connectivity index (χ1) is 11.6. The number of anilines is 1. The van der Waals surface area contributed by atoms with Crippen LogP contribution in [0, 0.1) is 16.0 Å². The normalized spacial score (nSPS) is 24.0. The molecule has 2 atom stereocenters. The van der Waals surface area contributed by atoms with Gasteiger partial charge in [0.1, 0.15) is 5.92 Å². The van der Waals surface area contributed by atoms with Crippen LogP contribution in [0.1, 0.15) is 19.8 Å². The van der Waals surface area contributed by atoms with Gasteiger partial charge in [0, 0.05) is 25.0 Å². The zero-order chi connectivity index (χ0) is 17.1. The van der Waals surface area contributed by atoms with Crippen molar-refractivity contribution in [3.63, 3.8) is 0 Å². The summed E-state index contributed by atoms with van der Waals surface area (Å²) in [5.74, 6) is -0.709. The first-order valence-electron chi connectivity index (χ1n) is 7.81. The minimum Gasteiger partial charge on any atom is -0.376 e. The molecule has 8 heteroatoms. The fourth-order valence-corrected chi connectivity index (χ4v) is 2.72. The summed E-state index contributed by atoms with van der Waals surface area (Å²) in [7, 11) is 0. The van der Waals surface area contributed by atoms with Crippen molar-refractivity contribution in [3.05, 3.63) is 34.4 Å². The number of nitrogens with zero attached hydrogens (tertiary/aromatic N) is 4. The quantitative estimate of drug-likeness (QED) is 0.469. The number of ether oxygens (including phenoxy) is 1. The topological polar surface area (TPSA) is 97.4 Å². The number of hydrazone groups is 1. The van der Waals surface area contributed by atoms with E-state index >= 15 is 0 Å². The number of hydrogen-bond acceptors (Lipinski definition) is 6. The molecule has 1 aromatic carbocycles. The zero-order valence-corrected chi connectivity index (χ0v) is 13.3. The number of nitro groups is 1. The molecule has 0 aromatic heterocycles. The van der Waals surface area contributed by atoms with Crippen LogP contribution >= 0.6 is 0 Å². The average Bonchev–Trinajstić information content (AvgIpc) is 3.18. The highest BCUT2D eigenvalue weighted by molar-refractivity contribution is 6.23.